The van der Waals surface area contributed by atoms with Gasteiger partial charge in [0, 0.05) is 16.7 Å². The Kier molecular flexibility index (Phi) is 14.1. The minimum Gasteiger partial charge on any atom is -0.208 e. The standard InChI is InChI=1S/C81H55N3/c1-10-30-56(31-11-1)69-54-71(75(60-38-18-5-19-39-60)77(62-42-22-7-23-43-62)73(69)58-34-14-3-15-35-58)65-48-28-50-67(52-65)80-82-79(64-46-26-9-27-47-64)83-81(84-80)68-51-29-49-66(53-68)72-55-70(57-32-12-2-13-33-57)74(59-36-16-4-17-37-59)78(63-44-24-8-25-45-63)76(72)61-40-20-6-21-41-61/h1-55H. The number of benzene rings is 13. The van der Waals surface area contributed by atoms with Crippen molar-refractivity contribution in [2.24, 2.45) is 0 Å². The monoisotopic (exact) mass is 1070 g/mol. The average Bonchev–Trinajstić information content (AvgIpc) is 3.56. The van der Waals surface area contributed by atoms with Gasteiger partial charge in [0.25, 0.3) is 0 Å². The smallest absolute Gasteiger partial charge is 0.164 e. The van der Waals surface area contributed by atoms with Crippen molar-refractivity contribution in [2.45, 2.75) is 0 Å². The third-order valence-corrected chi connectivity index (χ3v) is 15.7. The molecule has 0 unspecified atom stereocenters. The van der Waals surface area contributed by atoms with E-state index in [9.17, 15) is 0 Å². The Bertz CT molecular complexity index is 4300. The zero-order valence-electron chi connectivity index (χ0n) is 46.1. The molecule has 3 nitrogen and oxygen atoms in total. The molecule has 1 heterocycles. The molecule has 0 N–H and O–H groups in total. The van der Waals surface area contributed by atoms with E-state index in [4.69, 9.17) is 15.0 Å². The van der Waals surface area contributed by atoms with Crippen LogP contribution in [0.4, 0.5) is 0 Å². The van der Waals surface area contributed by atoms with Crippen molar-refractivity contribution >= 4 is 0 Å². The SMILES string of the molecule is c1ccc(-c2nc(-c3cccc(-c4cc(-c5ccccc5)c(-c5ccccc5)c(-c5ccccc5)c4-c4ccccc4)c3)nc(-c3cccc(-c4cc(-c5ccccc5)c(-c5ccccc5)c(-c5ccccc5)c4-c4ccccc4)c3)n2)cc1. The highest BCUT2D eigenvalue weighted by atomic mass is 15.0. The van der Waals surface area contributed by atoms with E-state index in [1.807, 2.05) is 18.2 Å². The number of aromatic nitrogens is 3. The van der Waals surface area contributed by atoms with E-state index in [2.05, 4.69) is 315 Å². The van der Waals surface area contributed by atoms with Gasteiger partial charge in [0.05, 0.1) is 0 Å². The molecule has 0 aliphatic heterocycles. The second-order valence-corrected chi connectivity index (χ2v) is 21.0. The Morgan fingerprint density at radius 1 is 0.131 bits per heavy atom. The molecule has 13 aromatic carbocycles. The van der Waals surface area contributed by atoms with Gasteiger partial charge in [-0.3, -0.25) is 0 Å². The van der Waals surface area contributed by atoms with Crippen LogP contribution >= 0.6 is 0 Å². The van der Waals surface area contributed by atoms with Crippen LogP contribution in [0, 0.1) is 0 Å². The maximum atomic E-state index is 5.48. The Labute approximate surface area is 491 Å². The van der Waals surface area contributed by atoms with Gasteiger partial charge in [-0.2, -0.15) is 0 Å². The zero-order valence-corrected chi connectivity index (χ0v) is 46.1. The maximum Gasteiger partial charge on any atom is 0.164 e. The fourth-order valence-electron chi connectivity index (χ4n) is 11.9. The minimum atomic E-state index is 0.578. The molecule has 0 saturated heterocycles. The first-order valence-electron chi connectivity index (χ1n) is 28.6. The summed E-state index contributed by atoms with van der Waals surface area (Å²) >= 11 is 0. The first-order valence-corrected chi connectivity index (χ1v) is 28.6. The maximum absolute atomic E-state index is 5.48. The molecule has 14 rings (SSSR count). The highest BCUT2D eigenvalue weighted by molar-refractivity contribution is 6.09. The first kappa shape index (κ1) is 51.0. The van der Waals surface area contributed by atoms with Crippen molar-refractivity contribution < 1.29 is 0 Å². The highest BCUT2D eigenvalue weighted by Gasteiger charge is 2.27. The van der Waals surface area contributed by atoms with Gasteiger partial charge in [0.1, 0.15) is 0 Å². The topological polar surface area (TPSA) is 38.7 Å². The molecule has 0 fully saturated rings. The van der Waals surface area contributed by atoms with Crippen LogP contribution < -0.4 is 0 Å². The van der Waals surface area contributed by atoms with E-state index in [-0.39, 0.29) is 0 Å². The Hall–Kier alpha value is -11.1. The van der Waals surface area contributed by atoms with Gasteiger partial charge in [0.2, 0.25) is 0 Å². The van der Waals surface area contributed by atoms with Gasteiger partial charge in [-0.1, -0.05) is 309 Å². The molecule has 14 aromatic rings. The number of rotatable bonds is 13. The molecular formula is C81H55N3. The molecule has 0 saturated carbocycles. The summed E-state index contributed by atoms with van der Waals surface area (Å²) in [6.45, 7) is 0. The predicted molar refractivity (Wildman–Crippen MR) is 350 cm³/mol. The number of hydrogen-bond donors (Lipinski definition) is 0. The van der Waals surface area contributed by atoms with Crippen molar-refractivity contribution in [3.8, 4) is 145 Å². The lowest BCUT2D eigenvalue weighted by atomic mass is 9.79. The average molecular weight is 1070 g/mol. The van der Waals surface area contributed by atoms with E-state index < -0.39 is 0 Å². The quantitative estimate of drug-likeness (QED) is 0.115. The van der Waals surface area contributed by atoms with Crippen LogP contribution in [0.1, 0.15) is 0 Å². The molecular weight excluding hydrogens is 1010 g/mol. The zero-order chi connectivity index (χ0) is 56.0. The van der Waals surface area contributed by atoms with E-state index in [1.165, 1.54) is 22.3 Å². The fraction of sp³-hybridized carbons (Fsp3) is 0. The van der Waals surface area contributed by atoms with E-state index in [0.29, 0.717) is 17.5 Å². The van der Waals surface area contributed by atoms with E-state index >= 15 is 0 Å². The second kappa shape index (κ2) is 23.2. The lowest BCUT2D eigenvalue weighted by Gasteiger charge is -2.24. The third kappa shape index (κ3) is 10.1. The predicted octanol–water partition coefficient (Wildman–Crippen LogP) is 21.5. The lowest BCUT2D eigenvalue weighted by Crippen LogP contribution is -2.01. The van der Waals surface area contributed by atoms with Crippen LogP contribution in [-0.4, -0.2) is 15.0 Å². The molecule has 0 amide bonds. The Morgan fingerprint density at radius 3 is 0.595 bits per heavy atom. The van der Waals surface area contributed by atoms with Gasteiger partial charge >= 0.3 is 0 Å². The molecule has 0 radical (unpaired) electrons. The van der Waals surface area contributed by atoms with Gasteiger partial charge in [0.15, 0.2) is 17.5 Å². The summed E-state index contributed by atoms with van der Waals surface area (Å²) in [6.07, 6.45) is 0. The molecule has 3 heteroatoms. The van der Waals surface area contributed by atoms with E-state index in [0.717, 1.165) is 106 Å². The van der Waals surface area contributed by atoms with Gasteiger partial charge in [-0.15, -0.1) is 0 Å². The molecule has 84 heavy (non-hydrogen) atoms. The molecule has 0 aliphatic rings. The van der Waals surface area contributed by atoms with E-state index in [1.54, 1.807) is 0 Å². The summed E-state index contributed by atoms with van der Waals surface area (Å²) in [7, 11) is 0. The summed E-state index contributed by atoms with van der Waals surface area (Å²) in [5.41, 5.74) is 25.3. The van der Waals surface area contributed by atoms with Crippen molar-refractivity contribution in [1.82, 2.24) is 15.0 Å². The Balaban J connectivity index is 0.991. The van der Waals surface area contributed by atoms with Crippen LogP contribution in [0.15, 0.2) is 334 Å². The summed E-state index contributed by atoms with van der Waals surface area (Å²) in [6, 6.07) is 119. The normalized spacial score (nSPS) is 11.1. The van der Waals surface area contributed by atoms with Crippen LogP contribution in [0.3, 0.4) is 0 Å². The van der Waals surface area contributed by atoms with Crippen molar-refractivity contribution in [3.05, 3.63) is 334 Å². The molecule has 0 aliphatic carbocycles. The van der Waals surface area contributed by atoms with Gasteiger partial charge < -0.3 is 0 Å². The number of hydrogen-bond acceptors (Lipinski definition) is 3. The van der Waals surface area contributed by atoms with Crippen LogP contribution in [0.2, 0.25) is 0 Å². The molecule has 0 spiro atoms. The van der Waals surface area contributed by atoms with Gasteiger partial charge in [-0.05, 0) is 136 Å². The summed E-state index contributed by atoms with van der Waals surface area (Å²) in [4.78, 5) is 16.2. The lowest BCUT2D eigenvalue weighted by molar-refractivity contribution is 1.07. The van der Waals surface area contributed by atoms with Crippen LogP contribution in [-0.2, 0) is 0 Å². The highest BCUT2D eigenvalue weighted by Crippen LogP contribution is 2.52. The van der Waals surface area contributed by atoms with Crippen molar-refractivity contribution in [1.29, 1.82) is 0 Å². The summed E-state index contributed by atoms with van der Waals surface area (Å²) < 4.78 is 0. The molecule has 0 atom stereocenters. The molecule has 1 aromatic heterocycles. The summed E-state index contributed by atoms with van der Waals surface area (Å²) in [5.74, 6) is 1.75. The van der Waals surface area contributed by atoms with Gasteiger partial charge in [-0.25, -0.2) is 15.0 Å². The Morgan fingerprint density at radius 2 is 0.321 bits per heavy atom. The third-order valence-electron chi connectivity index (χ3n) is 15.7. The number of nitrogens with zero attached hydrogens (tertiary/aromatic N) is 3. The van der Waals surface area contributed by atoms with Crippen molar-refractivity contribution in [2.75, 3.05) is 0 Å². The minimum absolute atomic E-state index is 0.578. The van der Waals surface area contributed by atoms with Crippen molar-refractivity contribution in [3.63, 3.8) is 0 Å². The van der Waals surface area contributed by atoms with Crippen LogP contribution in [0.25, 0.3) is 145 Å². The summed E-state index contributed by atoms with van der Waals surface area (Å²) in [5, 5.41) is 0. The first-order chi connectivity index (χ1) is 41.7. The largest absolute Gasteiger partial charge is 0.208 e. The molecule has 394 valence electrons. The van der Waals surface area contributed by atoms with Crippen LogP contribution in [0.5, 0.6) is 0 Å². The second-order valence-electron chi connectivity index (χ2n) is 21.0. The molecule has 0 bridgehead atoms. The fourth-order valence-corrected chi connectivity index (χ4v) is 11.9.